The van der Waals surface area contributed by atoms with E-state index in [1.165, 1.54) is 6.92 Å². The molecule has 0 aliphatic rings. The standard InChI is InChI=1S/C9H14F4OS/c1-6(14)15-5-3-4-7(10)8(11)9(2,12)13/h7-8H,3-5H2,1-2H3. The number of carbonyl (C=O) groups is 1. The molecular weight excluding hydrogens is 232 g/mol. The smallest absolute Gasteiger partial charge is 0.278 e. The van der Waals surface area contributed by atoms with Crippen LogP contribution in [0.25, 0.3) is 0 Å². The van der Waals surface area contributed by atoms with Gasteiger partial charge >= 0.3 is 0 Å². The Labute approximate surface area is 90.6 Å². The van der Waals surface area contributed by atoms with Gasteiger partial charge in [0.15, 0.2) is 11.3 Å². The lowest BCUT2D eigenvalue weighted by Crippen LogP contribution is -2.34. The lowest BCUT2D eigenvalue weighted by molar-refractivity contribution is -0.109. The molecule has 0 aromatic heterocycles. The van der Waals surface area contributed by atoms with Crippen LogP contribution in [-0.2, 0) is 4.79 Å². The molecule has 0 aliphatic heterocycles. The predicted molar refractivity (Wildman–Crippen MR) is 52.8 cm³/mol. The van der Waals surface area contributed by atoms with Gasteiger partial charge in [-0.05, 0) is 12.8 Å². The summed E-state index contributed by atoms with van der Waals surface area (Å²) in [4.78, 5) is 10.5. The highest BCUT2D eigenvalue weighted by molar-refractivity contribution is 8.13. The first-order valence-corrected chi connectivity index (χ1v) is 5.53. The van der Waals surface area contributed by atoms with Crippen LogP contribution in [0.1, 0.15) is 26.7 Å². The van der Waals surface area contributed by atoms with E-state index in [0.717, 1.165) is 11.8 Å². The average molecular weight is 246 g/mol. The summed E-state index contributed by atoms with van der Waals surface area (Å²) < 4.78 is 50.2. The molecule has 0 rings (SSSR count). The third kappa shape index (κ3) is 6.76. The lowest BCUT2D eigenvalue weighted by Gasteiger charge is -2.19. The first-order valence-electron chi connectivity index (χ1n) is 4.54. The van der Waals surface area contributed by atoms with Gasteiger partial charge in [-0.3, -0.25) is 4.79 Å². The van der Waals surface area contributed by atoms with Crippen molar-refractivity contribution in [2.24, 2.45) is 0 Å². The maximum absolute atomic E-state index is 12.9. The molecule has 0 N–H and O–H groups in total. The monoisotopic (exact) mass is 246 g/mol. The highest BCUT2D eigenvalue weighted by atomic mass is 32.2. The van der Waals surface area contributed by atoms with Gasteiger partial charge in [0.25, 0.3) is 5.92 Å². The molecule has 0 heterocycles. The Morgan fingerprint density at radius 1 is 1.40 bits per heavy atom. The van der Waals surface area contributed by atoms with Crippen LogP contribution in [-0.4, -0.2) is 29.1 Å². The second-order valence-corrected chi connectivity index (χ2v) is 4.63. The average Bonchev–Trinajstić information content (AvgIpc) is 2.09. The Balaban J connectivity index is 3.74. The van der Waals surface area contributed by atoms with E-state index < -0.39 is 18.3 Å². The topological polar surface area (TPSA) is 17.1 Å². The van der Waals surface area contributed by atoms with Crippen molar-refractivity contribution in [2.45, 2.75) is 45.0 Å². The third-order valence-corrected chi connectivity index (χ3v) is 2.63. The van der Waals surface area contributed by atoms with Crippen LogP contribution >= 0.6 is 11.8 Å². The summed E-state index contributed by atoms with van der Waals surface area (Å²) in [7, 11) is 0. The summed E-state index contributed by atoms with van der Waals surface area (Å²) in [5.74, 6) is -3.31. The van der Waals surface area contributed by atoms with Crippen molar-refractivity contribution in [2.75, 3.05) is 5.75 Å². The van der Waals surface area contributed by atoms with Crippen LogP contribution in [0.3, 0.4) is 0 Å². The summed E-state index contributed by atoms with van der Waals surface area (Å²) in [6.45, 7) is 1.71. The van der Waals surface area contributed by atoms with Crippen molar-refractivity contribution in [3.8, 4) is 0 Å². The number of halogens is 4. The van der Waals surface area contributed by atoms with E-state index in [2.05, 4.69) is 0 Å². The summed E-state index contributed by atoms with van der Waals surface area (Å²) >= 11 is 0.977. The van der Waals surface area contributed by atoms with Crippen LogP contribution in [0.15, 0.2) is 0 Å². The zero-order valence-corrected chi connectivity index (χ0v) is 9.42. The molecule has 1 nitrogen and oxygen atoms in total. The molecule has 0 aromatic rings. The van der Waals surface area contributed by atoms with E-state index in [-0.39, 0.29) is 18.0 Å². The van der Waals surface area contributed by atoms with Gasteiger partial charge < -0.3 is 0 Å². The second-order valence-electron chi connectivity index (χ2n) is 3.36. The first kappa shape index (κ1) is 14.7. The summed E-state index contributed by atoms with van der Waals surface area (Å²) in [5, 5.41) is -0.122. The molecule has 0 saturated carbocycles. The van der Waals surface area contributed by atoms with Gasteiger partial charge in [-0.15, -0.1) is 0 Å². The Morgan fingerprint density at radius 2 is 1.93 bits per heavy atom. The number of carbonyl (C=O) groups excluding carboxylic acids is 1. The maximum Gasteiger partial charge on any atom is 0.278 e. The van der Waals surface area contributed by atoms with Gasteiger partial charge in [-0.25, -0.2) is 17.6 Å². The fraction of sp³-hybridized carbons (Fsp3) is 0.889. The molecule has 0 radical (unpaired) electrons. The SMILES string of the molecule is CC(=O)SCCCC(F)C(F)C(C)(F)F. The number of hydrogen-bond acceptors (Lipinski definition) is 2. The van der Waals surface area contributed by atoms with E-state index in [4.69, 9.17) is 0 Å². The third-order valence-electron chi connectivity index (χ3n) is 1.73. The van der Waals surface area contributed by atoms with Crippen LogP contribution in [0.4, 0.5) is 17.6 Å². The molecule has 0 saturated heterocycles. The molecule has 0 aliphatic carbocycles. The van der Waals surface area contributed by atoms with Crippen LogP contribution in [0.2, 0.25) is 0 Å². The van der Waals surface area contributed by atoms with E-state index in [9.17, 15) is 22.4 Å². The highest BCUT2D eigenvalue weighted by Crippen LogP contribution is 2.27. The van der Waals surface area contributed by atoms with E-state index in [1.54, 1.807) is 0 Å². The first-order chi connectivity index (χ1) is 6.75. The summed E-state index contributed by atoms with van der Waals surface area (Å²) in [6.07, 6.45) is -5.01. The maximum atomic E-state index is 12.9. The molecule has 15 heavy (non-hydrogen) atoms. The number of rotatable bonds is 6. The minimum absolute atomic E-state index is 0.122. The van der Waals surface area contributed by atoms with E-state index >= 15 is 0 Å². The van der Waals surface area contributed by atoms with Gasteiger partial charge in [-0.1, -0.05) is 11.8 Å². The van der Waals surface area contributed by atoms with Crippen LogP contribution in [0, 0.1) is 0 Å². The molecule has 0 fully saturated rings. The molecule has 0 amide bonds. The minimum Gasteiger partial charge on any atom is -0.288 e. The van der Waals surface area contributed by atoms with Crippen LogP contribution < -0.4 is 0 Å². The quantitative estimate of drug-likeness (QED) is 0.528. The Morgan fingerprint density at radius 3 is 2.33 bits per heavy atom. The van der Waals surface area contributed by atoms with Crippen molar-refractivity contribution in [3.63, 3.8) is 0 Å². The second kappa shape index (κ2) is 6.35. The highest BCUT2D eigenvalue weighted by Gasteiger charge is 2.40. The Kier molecular flexibility index (Phi) is 6.24. The molecule has 2 atom stereocenters. The molecule has 0 aromatic carbocycles. The van der Waals surface area contributed by atoms with Crippen molar-refractivity contribution >= 4 is 16.9 Å². The normalized spacial score (nSPS) is 16.1. The molecule has 0 spiro atoms. The van der Waals surface area contributed by atoms with Gasteiger partial charge in [0.05, 0.1) is 0 Å². The van der Waals surface area contributed by atoms with E-state index in [0.29, 0.717) is 12.7 Å². The minimum atomic E-state index is -3.65. The fourth-order valence-corrected chi connectivity index (χ4v) is 1.56. The lowest BCUT2D eigenvalue weighted by atomic mass is 10.1. The van der Waals surface area contributed by atoms with Crippen molar-refractivity contribution < 1.29 is 22.4 Å². The summed E-state index contributed by atoms with van der Waals surface area (Å²) in [5.41, 5.74) is 0. The van der Waals surface area contributed by atoms with Crippen molar-refractivity contribution in [1.82, 2.24) is 0 Å². The largest absolute Gasteiger partial charge is 0.288 e. The number of hydrogen-bond donors (Lipinski definition) is 0. The zero-order chi connectivity index (χ0) is 12.1. The zero-order valence-electron chi connectivity index (χ0n) is 8.60. The molecule has 2 unspecified atom stereocenters. The molecular formula is C9H14F4OS. The number of alkyl halides is 4. The van der Waals surface area contributed by atoms with Crippen molar-refractivity contribution in [3.05, 3.63) is 0 Å². The Hall–Kier alpha value is -0.260. The molecule has 90 valence electrons. The molecule has 0 bridgehead atoms. The van der Waals surface area contributed by atoms with Crippen LogP contribution in [0.5, 0.6) is 0 Å². The van der Waals surface area contributed by atoms with Crippen molar-refractivity contribution in [1.29, 1.82) is 0 Å². The summed E-state index contributed by atoms with van der Waals surface area (Å²) in [6, 6.07) is 0. The Bertz CT molecular complexity index is 205. The van der Waals surface area contributed by atoms with Gasteiger partial charge in [0, 0.05) is 19.6 Å². The molecule has 6 heteroatoms. The van der Waals surface area contributed by atoms with Gasteiger partial charge in [0.2, 0.25) is 0 Å². The van der Waals surface area contributed by atoms with Gasteiger partial charge in [0.1, 0.15) is 6.17 Å². The van der Waals surface area contributed by atoms with Gasteiger partial charge in [-0.2, -0.15) is 0 Å². The van der Waals surface area contributed by atoms with E-state index in [1.807, 2.05) is 0 Å². The number of thioether (sulfide) groups is 1. The fourth-order valence-electron chi connectivity index (χ4n) is 0.958. The predicted octanol–water partition coefficient (Wildman–Crippen LogP) is 3.38.